The molecule has 0 bridgehead atoms. The summed E-state index contributed by atoms with van der Waals surface area (Å²) >= 11 is 1.81. The average molecular weight is 200 g/mol. The van der Waals surface area contributed by atoms with E-state index in [1.54, 1.807) is 12.1 Å². The van der Waals surface area contributed by atoms with Crippen molar-refractivity contribution in [3.63, 3.8) is 0 Å². The zero-order valence-electron chi connectivity index (χ0n) is 7.63. The molecule has 1 nitrogen and oxygen atoms in total. The highest BCUT2D eigenvalue weighted by Crippen LogP contribution is 2.12. The van der Waals surface area contributed by atoms with Crippen LogP contribution in [0.5, 0.6) is 5.75 Å². The van der Waals surface area contributed by atoms with Crippen molar-refractivity contribution in [2.45, 2.75) is 6.92 Å². The quantitative estimate of drug-likeness (QED) is 0.676. The molecule has 1 rings (SSSR count). The topological polar surface area (TPSA) is 9.23 Å². The molecule has 0 N–H and O–H groups in total. The molecule has 0 aliphatic heterocycles. The molecule has 0 amide bonds. The minimum atomic E-state index is -0.249. The van der Waals surface area contributed by atoms with Gasteiger partial charge in [0.25, 0.3) is 0 Å². The van der Waals surface area contributed by atoms with Gasteiger partial charge in [-0.2, -0.15) is 11.8 Å². The predicted octanol–water partition coefficient (Wildman–Crippen LogP) is 2.96. The second kappa shape index (κ2) is 5.86. The van der Waals surface area contributed by atoms with E-state index in [0.29, 0.717) is 12.4 Å². The Balaban J connectivity index is 2.28. The van der Waals surface area contributed by atoms with Crippen molar-refractivity contribution in [3.8, 4) is 5.75 Å². The first kappa shape index (κ1) is 10.4. The number of hydrogen-bond acceptors (Lipinski definition) is 2. The molecule has 0 saturated heterocycles. The summed E-state index contributed by atoms with van der Waals surface area (Å²) < 4.78 is 18.0. The van der Waals surface area contributed by atoms with Crippen molar-refractivity contribution in [1.82, 2.24) is 0 Å². The summed E-state index contributed by atoms with van der Waals surface area (Å²) in [5.74, 6) is 2.40. The molecule has 0 spiro atoms. The van der Waals surface area contributed by atoms with Gasteiger partial charge in [0.05, 0.1) is 6.61 Å². The van der Waals surface area contributed by atoms with E-state index in [-0.39, 0.29) is 5.82 Å². The molecule has 0 atom stereocenters. The van der Waals surface area contributed by atoms with Crippen molar-refractivity contribution in [1.29, 1.82) is 0 Å². The monoisotopic (exact) mass is 200 g/mol. The van der Waals surface area contributed by atoms with Crippen molar-refractivity contribution in [2.75, 3.05) is 18.1 Å². The molecule has 0 saturated carbocycles. The van der Waals surface area contributed by atoms with Gasteiger partial charge in [0, 0.05) is 11.8 Å². The molecular formula is C10H13FOS. The van der Waals surface area contributed by atoms with Gasteiger partial charge in [0.2, 0.25) is 0 Å². The van der Waals surface area contributed by atoms with Gasteiger partial charge in [0.1, 0.15) is 11.6 Å². The summed E-state index contributed by atoms with van der Waals surface area (Å²) in [6.45, 7) is 2.74. The SMILES string of the molecule is CCSCCOc1cccc(F)c1. The summed E-state index contributed by atoms with van der Waals surface area (Å²) in [6.07, 6.45) is 0. The molecule has 1 aromatic rings. The summed E-state index contributed by atoms with van der Waals surface area (Å²) in [5, 5.41) is 0. The van der Waals surface area contributed by atoms with Crippen LogP contribution < -0.4 is 4.74 Å². The Morgan fingerprint density at radius 1 is 1.46 bits per heavy atom. The molecule has 72 valence electrons. The maximum atomic E-state index is 12.7. The molecule has 13 heavy (non-hydrogen) atoms. The Bertz CT molecular complexity index is 252. The predicted molar refractivity (Wildman–Crippen MR) is 54.9 cm³/mol. The van der Waals surface area contributed by atoms with Crippen LogP contribution >= 0.6 is 11.8 Å². The van der Waals surface area contributed by atoms with Gasteiger partial charge in [-0.3, -0.25) is 0 Å². The highest BCUT2D eigenvalue weighted by atomic mass is 32.2. The van der Waals surface area contributed by atoms with Gasteiger partial charge in [-0.05, 0) is 17.9 Å². The first-order valence-corrected chi connectivity index (χ1v) is 5.44. The van der Waals surface area contributed by atoms with Crippen molar-refractivity contribution < 1.29 is 9.13 Å². The average Bonchev–Trinajstić information content (AvgIpc) is 2.13. The Morgan fingerprint density at radius 2 is 2.31 bits per heavy atom. The van der Waals surface area contributed by atoms with Crippen molar-refractivity contribution in [3.05, 3.63) is 30.1 Å². The summed E-state index contributed by atoms with van der Waals surface area (Å²) in [5.41, 5.74) is 0. The van der Waals surface area contributed by atoms with Crippen LogP contribution in [0.2, 0.25) is 0 Å². The second-order valence-corrected chi connectivity index (χ2v) is 3.90. The van der Waals surface area contributed by atoms with E-state index in [0.717, 1.165) is 11.5 Å². The number of ether oxygens (including phenoxy) is 1. The summed E-state index contributed by atoms with van der Waals surface area (Å²) in [6, 6.07) is 6.22. The van der Waals surface area contributed by atoms with Crippen LogP contribution in [0.15, 0.2) is 24.3 Å². The third-order valence-electron chi connectivity index (χ3n) is 1.50. The molecule has 1 aromatic carbocycles. The zero-order valence-corrected chi connectivity index (χ0v) is 8.44. The Morgan fingerprint density at radius 3 is 3.00 bits per heavy atom. The van der Waals surface area contributed by atoms with E-state index >= 15 is 0 Å². The van der Waals surface area contributed by atoms with E-state index in [4.69, 9.17) is 4.74 Å². The fourth-order valence-corrected chi connectivity index (χ4v) is 1.41. The highest BCUT2D eigenvalue weighted by Gasteiger charge is 1.94. The van der Waals surface area contributed by atoms with Crippen LogP contribution in [0.4, 0.5) is 4.39 Å². The van der Waals surface area contributed by atoms with Gasteiger partial charge in [0.15, 0.2) is 0 Å². The van der Waals surface area contributed by atoms with Crippen molar-refractivity contribution in [2.24, 2.45) is 0 Å². The fraction of sp³-hybridized carbons (Fsp3) is 0.400. The normalized spacial score (nSPS) is 10.0. The molecule has 0 heterocycles. The lowest BCUT2D eigenvalue weighted by Gasteiger charge is -2.04. The second-order valence-electron chi connectivity index (χ2n) is 2.50. The molecule has 0 aliphatic carbocycles. The van der Waals surface area contributed by atoms with Crippen LogP contribution in [0.3, 0.4) is 0 Å². The standard InChI is InChI=1S/C10H13FOS/c1-2-13-7-6-12-10-5-3-4-9(11)8-10/h3-5,8H,2,6-7H2,1H3. The van der Waals surface area contributed by atoms with Crippen LogP contribution in [-0.2, 0) is 0 Å². The number of thioether (sulfide) groups is 1. The maximum absolute atomic E-state index is 12.7. The number of benzene rings is 1. The van der Waals surface area contributed by atoms with Gasteiger partial charge in [-0.25, -0.2) is 4.39 Å². The Hall–Kier alpha value is -0.700. The van der Waals surface area contributed by atoms with E-state index in [9.17, 15) is 4.39 Å². The Kier molecular flexibility index (Phi) is 4.68. The fourth-order valence-electron chi connectivity index (χ4n) is 0.920. The first-order valence-electron chi connectivity index (χ1n) is 4.29. The zero-order chi connectivity index (χ0) is 9.52. The molecule has 0 aromatic heterocycles. The third-order valence-corrected chi connectivity index (χ3v) is 2.36. The molecule has 3 heteroatoms. The van der Waals surface area contributed by atoms with E-state index in [1.165, 1.54) is 12.1 Å². The minimum absolute atomic E-state index is 0.249. The van der Waals surface area contributed by atoms with Gasteiger partial charge in [-0.1, -0.05) is 13.0 Å². The van der Waals surface area contributed by atoms with E-state index < -0.39 is 0 Å². The Labute approximate surface area is 82.3 Å². The first-order chi connectivity index (χ1) is 6.33. The lowest BCUT2D eigenvalue weighted by atomic mass is 10.3. The minimum Gasteiger partial charge on any atom is -0.493 e. The maximum Gasteiger partial charge on any atom is 0.126 e. The van der Waals surface area contributed by atoms with Crippen LogP contribution in [0, 0.1) is 5.82 Å². The van der Waals surface area contributed by atoms with Crippen LogP contribution in [0.1, 0.15) is 6.92 Å². The number of halogens is 1. The van der Waals surface area contributed by atoms with Crippen LogP contribution in [-0.4, -0.2) is 18.1 Å². The number of hydrogen-bond donors (Lipinski definition) is 0. The van der Waals surface area contributed by atoms with Gasteiger partial charge >= 0.3 is 0 Å². The molecule has 0 unspecified atom stereocenters. The summed E-state index contributed by atoms with van der Waals surface area (Å²) in [7, 11) is 0. The molecule has 0 radical (unpaired) electrons. The molecule has 0 aliphatic rings. The highest BCUT2D eigenvalue weighted by molar-refractivity contribution is 7.99. The van der Waals surface area contributed by atoms with Crippen LogP contribution in [0.25, 0.3) is 0 Å². The molecular weight excluding hydrogens is 187 g/mol. The largest absolute Gasteiger partial charge is 0.493 e. The number of rotatable bonds is 5. The van der Waals surface area contributed by atoms with Gasteiger partial charge in [-0.15, -0.1) is 0 Å². The van der Waals surface area contributed by atoms with E-state index in [1.807, 2.05) is 11.8 Å². The lowest BCUT2D eigenvalue weighted by Crippen LogP contribution is -2.00. The molecule has 0 fully saturated rings. The summed E-state index contributed by atoms with van der Waals surface area (Å²) in [4.78, 5) is 0. The third kappa shape index (κ3) is 4.18. The smallest absolute Gasteiger partial charge is 0.126 e. The van der Waals surface area contributed by atoms with E-state index in [2.05, 4.69) is 6.92 Å². The van der Waals surface area contributed by atoms with Gasteiger partial charge < -0.3 is 4.74 Å². The lowest BCUT2D eigenvalue weighted by molar-refractivity contribution is 0.342. The van der Waals surface area contributed by atoms with Crippen molar-refractivity contribution >= 4 is 11.8 Å².